The summed E-state index contributed by atoms with van der Waals surface area (Å²) in [6.07, 6.45) is 0.861. The third-order valence-corrected chi connectivity index (χ3v) is 2.91. The van der Waals surface area contributed by atoms with Crippen LogP contribution >= 0.6 is 11.6 Å². The largest absolute Gasteiger partial charge is 0.368 e. The highest BCUT2D eigenvalue weighted by molar-refractivity contribution is 6.22. The van der Waals surface area contributed by atoms with Crippen molar-refractivity contribution in [3.8, 4) is 0 Å². The van der Waals surface area contributed by atoms with Gasteiger partial charge in [-0.3, -0.25) is 0 Å². The summed E-state index contributed by atoms with van der Waals surface area (Å²) in [7, 11) is 0. The zero-order chi connectivity index (χ0) is 10.1. The molecule has 1 aromatic carbocycles. The van der Waals surface area contributed by atoms with Crippen molar-refractivity contribution in [3.05, 3.63) is 29.8 Å². The molecular weight excluding hydrogens is 200 g/mol. The maximum Gasteiger partial charge on any atom is 0.129 e. The van der Waals surface area contributed by atoms with Gasteiger partial charge < -0.3 is 15.8 Å². The van der Waals surface area contributed by atoms with Crippen LogP contribution in [0.15, 0.2) is 24.3 Å². The molecule has 0 bridgehead atoms. The molecule has 0 radical (unpaired) electrons. The third kappa shape index (κ3) is 1.38. The Kier molecular flexibility index (Phi) is 2.44. The number of halogens is 1. The highest BCUT2D eigenvalue weighted by Crippen LogP contribution is 2.33. The molecule has 1 heterocycles. The van der Waals surface area contributed by atoms with Gasteiger partial charge in [-0.05, 0) is 11.6 Å². The van der Waals surface area contributed by atoms with Crippen molar-refractivity contribution in [3.63, 3.8) is 0 Å². The lowest BCUT2D eigenvalue weighted by atomic mass is 9.88. The number of anilines is 1. The fraction of sp³-hybridized carbons (Fsp3) is 0.300. The molecule has 2 rings (SSSR count). The summed E-state index contributed by atoms with van der Waals surface area (Å²) < 4.78 is 0. The van der Waals surface area contributed by atoms with Gasteiger partial charge >= 0.3 is 0 Å². The van der Waals surface area contributed by atoms with E-state index in [0.29, 0.717) is 0 Å². The molecule has 1 aromatic rings. The maximum atomic E-state index is 10.9. The van der Waals surface area contributed by atoms with E-state index in [-0.39, 0.29) is 17.5 Å². The van der Waals surface area contributed by atoms with E-state index in [2.05, 4.69) is 5.32 Å². The van der Waals surface area contributed by atoms with Crippen LogP contribution < -0.4 is 11.1 Å². The van der Waals surface area contributed by atoms with E-state index in [4.69, 9.17) is 17.3 Å². The number of hydrogen-bond acceptors (Lipinski definition) is 3. The van der Waals surface area contributed by atoms with Crippen molar-refractivity contribution < 1.29 is 4.79 Å². The molecule has 0 spiro atoms. The molecule has 0 fully saturated rings. The van der Waals surface area contributed by atoms with Crippen molar-refractivity contribution in [2.45, 2.75) is 17.5 Å². The van der Waals surface area contributed by atoms with Gasteiger partial charge in [0.05, 0.1) is 12.0 Å². The van der Waals surface area contributed by atoms with Crippen molar-refractivity contribution in [2.75, 3.05) is 5.32 Å². The Bertz CT molecular complexity index is 356. The number of carbonyl (C=O) groups is 1. The van der Waals surface area contributed by atoms with Gasteiger partial charge in [-0.2, -0.15) is 0 Å². The van der Waals surface area contributed by atoms with Gasteiger partial charge in [0.2, 0.25) is 0 Å². The number of benzene rings is 1. The van der Waals surface area contributed by atoms with E-state index in [9.17, 15) is 4.79 Å². The lowest BCUT2D eigenvalue weighted by Gasteiger charge is -2.32. The van der Waals surface area contributed by atoms with Crippen LogP contribution in [0.5, 0.6) is 0 Å². The van der Waals surface area contributed by atoms with Crippen molar-refractivity contribution in [1.29, 1.82) is 0 Å². The van der Waals surface area contributed by atoms with Gasteiger partial charge in [0.15, 0.2) is 0 Å². The molecule has 4 heteroatoms. The van der Waals surface area contributed by atoms with Gasteiger partial charge in [-0.25, -0.2) is 0 Å². The molecule has 3 atom stereocenters. The smallest absolute Gasteiger partial charge is 0.129 e. The van der Waals surface area contributed by atoms with Crippen LogP contribution in [0.4, 0.5) is 5.69 Å². The molecule has 0 aliphatic carbocycles. The van der Waals surface area contributed by atoms with E-state index in [1.807, 2.05) is 24.3 Å². The highest BCUT2D eigenvalue weighted by Gasteiger charge is 2.32. The van der Waals surface area contributed by atoms with Crippen LogP contribution in [-0.4, -0.2) is 17.8 Å². The quantitative estimate of drug-likeness (QED) is 0.417. The predicted molar refractivity (Wildman–Crippen MR) is 56.5 cm³/mol. The monoisotopic (exact) mass is 210 g/mol. The van der Waals surface area contributed by atoms with Crippen LogP contribution in [0.25, 0.3) is 0 Å². The molecule has 0 saturated carbocycles. The second kappa shape index (κ2) is 3.59. The number of aldehydes is 1. The summed E-state index contributed by atoms with van der Waals surface area (Å²) in [4.78, 5) is 10.9. The number of rotatable bonds is 1. The first-order valence-electron chi connectivity index (χ1n) is 4.44. The Labute approximate surface area is 87.2 Å². The molecule has 74 valence electrons. The van der Waals surface area contributed by atoms with Crippen LogP contribution in [0.1, 0.15) is 11.5 Å². The summed E-state index contributed by atoms with van der Waals surface area (Å²) in [5, 5.41) is 3.06. The molecule has 1 aliphatic heterocycles. The SMILES string of the molecule is NC1C(Cl)Nc2ccccc2C1C=O. The van der Waals surface area contributed by atoms with Gasteiger partial charge in [0.25, 0.3) is 0 Å². The number of carbonyl (C=O) groups excluding carboxylic acids is 1. The number of hydrogen-bond donors (Lipinski definition) is 2. The van der Waals surface area contributed by atoms with E-state index < -0.39 is 0 Å². The minimum absolute atomic E-state index is 0.310. The Hall–Kier alpha value is -1.06. The number of para-hydroxylation sites is 1. The molecule has 0 saturated heterocycles. The Balaban J connectivity index is 2.47. The zero-order valence-electron chi connectivity index (χ0n) is 7.48. The minimum Gasteiger partial charge on any atom is -0.368 e. The van der Waals surface area contributed by atoms with Crippen molar-refractivity contribution >= 4 is 23.6 Å². The zero-order valence-corrected chi connectivity index (χ0v) is 8.24. The topological polar surface area (TPSA) is 55.1 Å². The van der Waals surface area contributed by atoms with Crippen molar-refractivity contribution in [1.82, 2.24) is 0 Å². The molecule has 14 heavy (non-hydrogen) atoms. The number of alkyl halides is 1. The van der Waals surface area contributed by atoms with Crippen LogP contribution in [-0.2, 0) is 4.79 Å². The molecule has 3 N–H and O–H groups in total. The van der Waals surface area contributed by atoms with E-state index >= 15 is 0 Å². The van der Waals surface area contributed by atoms with Gasteiger partial charge in [0.1, 0.15) is 11.8 Å². The summed E-state index contributed by atoms with van der Waals surface area (Å²) in [5.74, 6) is -0.310. The van der Waals surface area contributed by atoms with Gasteiger partial charge in [-0.1, -0.05) is 29.8 Å². The number of fused-ring (bicyclic) bond motifs is 1. The molecular formula is C10H11ClN2O. The lowest BCUT2D eigenvalue weighted by Crippen LogP contribution is -2.45. The normalized spacial score (nSPS) is 30.3. The predicted octanol–water partition coefficient (Wildman–Crippen LogP) is 1.29. The second-order valence-corrected chi connectivity index (χ2v) is 3.84. The molecule has 1 aliphatic rings. The Morgan fingerprint density at radius 3 is 2.86 bits per heavy atom. The first-order valence-corrected chi connectivity index (χ1v) is 4.88. The van der Waals surface area contributed by atoms with Crippen LogP contribution in [0.3, 0.4) is 0 Å². The fourth-order valence-corrected chi connectivity index (χ4v) is 1.99. The standard InChI is InChI=1S/C10H11ClN2O/c11-10-9(12)7(5-14)6-3-1-2-4-8(6)13-10/h1-5,7,9-10,13H,12H2. The molecule has 0 aromatic heterocycles. The van der Waals surface area contributed by atoms with E-state index in [1.54, 1.807) is 0 Å². The summed E-state index contributed by atoms with van der Waals surface area (Å²) >= 11 is 5.97. The molecule has 0 amide bonds. The minimum atomic E-state index is -0.389. The fourth-order valence-electron chi connectivity index (χ4n) is 1.72. The van der Waals surface area contributed by atoms with E-state index in [0.717, 1.165) is 17.5 Å². The summed E-state index contributed by atoms with van der Waals surface area (Å²) in [5.41, 5.74) is 7.25. The average Bonchev–Trinajstić information content (AvgIpc) is 2.20. The maximum absolute atomic E-state index is 10.9. The third-order valence-electron chi connectivity index (χ3n) is 2.51. The van der Waals surface area contributed by atoms with Crippen LogP contribution in [0, 0.1) is 0 Å². The molecule has 3 nitrogen and oxygen atoms in total. The van der Waals surface area contributed by atoms with Crippen LogP contribution in [0.2, 0.25) is 0 Å². The van der Waals surface area contributed by atoms with Gasteiger partial charge in [-0.15, -0.1) is 0 Å². The number of nitrogens with two attached hydrogens (primary N) is 1. The lowest BCUT2D eigenvalue weighted by molar-refractivity contribution is -0.109. The Morgan fingerprint density at radius 1 is 1.43 bits per heavy atom. The average molecular weight is 211 g/mol. The first-order chi connectivity index (χ1) is 6.74. The van der Waals surface area contributed by atoms with E-state index in [1.165, 1.54) is 0 Å². The second-order valence-electron chi connectivity index (χ2n) is 3.37. The molecule has 3 unspecified atom stereocenters. The highest BCUT2D eigenvalue weighted by atomic mass is 35.5. The Morgan fingerprint density at radius 2 is 2.14 bits per heavy atom. The summed E-state index contributed by atoms with van der Waals surface area (Å²) in [6.45, 7) is 0. The van der Waals surface area contributed by atoms with Gasteiger partial charge in [0, 0.05) is 5.69 Å². The number of nitrogens with one attached hydrogen (secondary N) is 1. The van der Waals surface area contributed by atoms with Crippen molar-refractivity contribution in [2.24, 2.45) is 5.73 Å². The summed E-state index contributed by atoms with van der Waals surface area (Å²) in [6, 6.07) is 7.20. The first kappa shape index (κ1) is 9.49.